The fraction of sp³-hybridized carbons (Fsp3) is 0.333. The zero-order chi connectivity index (χ0) is 21.8. The summed E-state index contributed by atoms with van der Waals surface area (Å²) < 4.78 is 16.8. The molecule has 4 N–H and O–H groups in total. The Balaban J connectivity index is 1.92. The minimum atomic E-state index is -0.596. The monoisotopic (exact) mass is 451 g/mol. The zero-order valence-electron chi connectivity index (χ0n) is 16.6. The van der Waals surface area contributed by atoms with Crippen molar-refractivity contribution in [3.05, 3.63) is 34.1 Å². The maximum absolute atomic E-state index is 12.4. The molecule has 3 rings (SSSR count). The van der Waals surface area contributed by atoms with Crippen molar-refractivity contribution >= 4 is 40.0 Å². The van der Waals surface area contributed by atoms with Crippen LogP contribution in [0.15, 0.2) is 21.9 Å². The summed E-state index contributed by atoms with van der Waals surface area (Å²) >= 11 is 2.20. The number of carbonyl (C=O) groups is 2. The van der Waals surface area contributed by atoms with E-state index in [1.54, 1.807) is 26.8 Å². The predicted octanol–water partition coefficient (Wildman–Crippen LogP) is 2.85. The summed E-state index contributed by atoms with van der Waals surface area (Å²) in [5, 5.41) is 8.80. The molecule has 160 valence electrons. The molecule has 0 amide bonds. The van der Waals surface area contributed by atoms with Gasteiger partial charge < -0.3 is 25.5 Å². The van der Waals surface area contributed by atoms with Gasteiger partial charge >= 0.3 is 11.9 Å². The number of nitrogens with two attached hydrogens (primary N) is 2. The maximum Gasteiger partial charge on any atom is 0.348 e. The van der Waals surface area contributed by atoms with Crippen LogP contribution in [0, 0.1) is 6.92 Å². The van der Waals surface area contributed by atoms with Crippen molar-refractivity contribution in [2.24, 2.45) is 0 Å². The Morgan fingerprint density at radius 2 is 1.93 bits per heavy atom. The number of thiophene rings is 1. The molecule has 0 atom stereocenters. The molecule has 0 bridgehead atoms. The summed E-state index contributed by atoms with van der Waals surface area (Å²) in [6.45, 7) is 5.56. The first-order valence-electron chi connectivity index (χ1n) is 9.02. The Morgan fingerprint density at radius 3 is 2.57 bits per heavy atom. The van der Waals surface area contributed by atoms with Gasteiger partial charge in [0, 0.05) is 11.3 Å². The van der Waals surface area contributed by atoms with Gasteiger partial charge in [-0.15, -0.1) is 21.5 Å². The van der Waals surface area contributed by atoms with Crippen LogP contribution in [0.5, 0.6) is 0 Å². The minimum Gasteiger partial charge on any atom is -0.469 e. The van der Waals surface area contributed by atoms with Gasteiger partial charge in [0.25, 0.3) is 0 Å². The third kappa shape index (κ3) is 4.14. The average Bonchev–Trinajstić information content (AvgIpc) is 3.37. The van der Waals surface area contributed by atoms with Crippen LogP contribution in [0.2, 0.25) is 0 Å². The Morgan fingerprint density at radius 1 is 1.23 bits per heavy atom. The summed E-state index contributed by atoms with van der Waals surface area (Å²) in [6, 6.07) is 1.74. The topological polar surface area (TPSA) is 148 Å². The second-order valence-corrected chi connectivity index (χ2v) is 7.94. The predicted molar refractivity (Wildman–Crippen MR) is 113 cm³/mol. The van der Waals surface area contributed by atoms with Gasteiger partial charge in [-0.25, -0.2) is 14.3 Å². The molecule has 0 saturated carbocycles. The molecule has 0 aliphatic rings. The highest BCUT2D eigenvalue weighted by molar-refractivity contribution is 7.98. The number of carbonyl (C=O) groups excluding carboxylic acids is 2. The average molecular weight is 452 g/mol. The molecule has 0 spiro atoms. The van der Waals surface area contributed by atoms with Crippen molar-refractivity contribution in [2.45, 2.75) is 31.7 Å². The molecule has 0 fully saturated rings. The Labute approximate surface area is 180 Å². The Hall–Kier alpha value is -2.99. The van der Waals surface area contributed by atoms with E-state index in [9.17, 15) is 9.59 Å². The second-order valence-electron chi connectivity index (χ2n) is 5.95. The number of furan rings is 1. The van der Waals surface area contributed by atoms with Crippen LogP contribution < -0.4 is 11.6 Å². The Bertz CT molecular complexity index is 1070. The van der Waals surface area contributed by atoms with Crippen LogP contribution in [0.4, 0.5) is 5.00 Å². The molecular formula is C18H21N5O5S2. The largest absolute Gasteiger partial charge is 0.469 e. The van der Waals surface area contributed by atoms with Crippen molar-refractivity contribution in [3.63, 3.8) is 0 Å². The van der Waals surface area contributed by atoms with E-state index >= 15 is 0 Å². The number of anilines is 1. The van der Waals surface area contributed by atoms with E-state index in [1.807, 2.05) is 0 Å². The number of nitrogen functional groups attached to an aromatic ring is 2. The van der Waals surface area contributed by atoms with Crippen LogP contribution >= 0.6 is 23.1 Å². The number of hydrogen-bond donors (Lipinski definition) is 2. The van der Waals surface area contributed by atoms with Gasteiger partial charge in [-0.05, 0) is 26.8 Å². The lowest BCUT2D eigenvalue weighted by atomic mass is 10.1. The van der Waals surface area contributed by atoms with Crippen molar-refractivity contribution in [1.29, 1.82) is 0 Å². The number of rotatable bonds is 8. The van der Waals surface area contributed by atoms with Gasteiger partial charge in [0.1, 0.15) is 15.6 Å². The lowest BCUT2D eigenvalue weighted by Gasteiger charge is -2.08. The molecule has 0 aromatic carbocycles. The lowest BCUT2D eigenvalue weighted by Crippen LogP contribution is -2.13. The zero-order valence-corrected chi connectivity index (χ0v) is 18.3. The normalized spacial score (nSPS) is 10.9. The van der Waals surface area contributed by atoms with E-state index in [1.165, 1.54) is 22.7 Å². The molecule has 30 heavy (non-hydrogen) atoms. The highest BCUT2D eigenvalue weighted by Crippen LogP contribution is 2.36. The summed E-state index contributed by atoms with van der Waals surface area (Å²) in [6.07, 6.45) is 1.54. The number of thioether (sulfide) groups is 1. The number of esters is 2. The fourth-order valence-electron chi connectivity index (χ4n) is 2.72. The minimum absolute atomic E-state index is 0.159. The lowest BCUT2D eigenvalue weighted by molar-refractivity contribution is 0.0527. The first-order valence-corrected chi connectivity index (χ1v) is 10.8. The van der Waals surface area contributed by atoms with Crippen LogP contribution in [-0.4, -0.2) is 40.0 Å². The highest BCUT2D eigenvalue weighted by Gasteiger charge is 2.28. The van der Waals surface area contributed by atoms with E-state index in [0.717, 1.165) is 16.9 Å². The SMILES string of the molecule is CCOC(=O)c1sc(N)c(C(=O)OCC)c1CSc1nnc(-c2ccoc2C)n1N. The van der Waals surface area contributed by atoms with Crippen molar-refractivity contribution in [3.8, 4) is 11.4 Å². The molecule has 0 saturated heterocycles. The summed E-state index contributed by atoms with van der Waals surface area (Å²) in [5.41, 5.74) is 7.32. The second kappa shape index (κ2) is 9.22. The molecule has 0 unspecified atom stereocenters. The number of ether oxygens (including phenoxy) is 2. The number of hydrogen-bond acceptors (Lipinski definition) is 11. The number of aromatic nitrogens is 3. The van der Waals surface area contributed by atoms with Gasteiger partial charge in [-0.3, -0.25) is 0 Å². The smallest absolute Gasteiger partial charge is 0.348 e. The molecule has 3 heterocycles. The first-order chi connectivity index (χ1) is 14.4. The summed E-state index contributed by atoms with van der Waals surface area (Å²) in [5.74, 6) is 6.28. The fourth-order valence-corrected chi connectivity index (χ4v) is 4.67. The maximum atomic E-state index is 12.4. The molecule has 3 aromatic heterocycles. The number of nitrogens with zero attached hydrogens (tertiary/aromatic N) is 3. The molecular weight excluding hydrogens is 430 g/mol. The van der Waals surface area contributed by atoms with Gasteiger partial charge in [-0.1, -0.05) is 11.8 Å². The van der Waals surface area contributed by atoms with Crippen LogP contribution in [0.25, 0.3) is 11.4 Å². The standard InChI is InChI=1S/C18H21N5O5S2/c1-4-26-16(24)12-11(13(30-14(12)19)17(25)27-5-2)8-29-18-22-21-15(23(18)20)10-6-7-28-9(10)3/h6-7H,4-5,8,19-20H2,1-3H3. The molecule has 0 aliphatic heterocycles. The van der Waals surface area contributed by atoms with Crippen LogP contribution in [0.1, 0.15) is 45.2 Å². The number of aryl methyl sites for hydroxylation is 1. The van der Waals surface area contributed by atoms with Gasteiger partial charge in [-0.2, -0.15) is 0 Å². The third-order valence-corrected chi connectivity index (χ3v) is 6.10. The third-order valence-electron chi connectivity index (χ3n) is 4.08. The summed E-state index contributed by atoms with van der Waals surface area (Å²) in [4.78, 5) is 25.1. The molecule has 12 heteroatoms. The van der Waals surface area contributed by atoms with E-state index in [-0.39, 0.29) is 34.4 Å². The van der Waals surface area contributed by atoms with Gasteiger partial charge in [0.15, 0.2) is 5.82 Å². The van der Waals surface area contributed by atoms with Crippen molar-refractivity contribution < 1.29 is 23.5 Å². The highest BCUT2D eigenvalue weighted by atomic mass is 32.2. The molecule has 0 radical (unpaired) electrons. The van der Waals surface area contributed by atoms with E-state index < -0.39 is 11.9 Å². The van der Waals surface area contributed by atoms with Gasteiger partial charge in [0.05, 0.1) is 30.6 Å². The van der Waals surface area contributed by atoms with Crippen LogP contribution in [-0.2, 0) is 15.2 Å². The molecule has 10 nitrogen and oxygen atoms in total. The molecule has 3 aromatic rings. The van der Waals surface area contributed by atoms with E-state index in [2.05, 4.69) is 10.2 Å². The van der Waals surface area contributed by atoms with Gasteiger partial charge in [0.2, 0.25) is 5.16 Å². The Kier molecular flexibility index (Phi) is 6.67. The summed E-state index contributed by atoms with van der Waals surface area (Å²) in [7, 11) is 0. The van der Waals surface area contributed by atoms with Crippen LogP contribution in [0.3, 0.4) is 0 Å². The van der Waals surface area contributed by atoms with E-state index in [4.69, 9.17) is 25.5 Å². The van der Waals surface area contributed by atoms with Crippen molar-refractivity contribution in [1.82, 2.24) is 14.9 Å². The quantitative estimate of drug-likeness (QED) is 0.297. The first kappa shape index (κ1) is 21.7. The van der Waals surface area contributed by atoms with Crippen molar-refractivity contribution in [2.75, 3.05) is 24.8 Å². The van der Waals surface area contributed by atoms with E-state index in [0.29, 0.717) is 22.3 Å². The molecule has 0 aliphatic carbocycles.